The smallest absolute Gasteiger partial charge is 0.137 e. The normalized spacial score (nSPS) is 11.7. The number of hydrogen-bond donors (Lipinski definition) is 1. The van der Waals surface area contributed by atoms with Crippen molar-refractivity contribution in [2.75, 3.05) is 7.05 Å². The number of aromatic nitrogens is 3. The van der Waals surface area contributed by atoms with Crippen molar-refractivity contribution in [1.82, 2.24) is 19.9 Å². The van der Waals surface area contributed by atoms with Gasteiger partial charge in [-0.15, -0.1) is 0 Å². The lowest BCUT2D eigenvalue weighted by molar-refractivity contribution is 0.574. The highest BCUT2D eigenvalue weighted by Gasteiger charge is 2.05. The Bertz CT molecular complexity index is 889. The zero-order valence-electron chi connectivity index (χ0n) is 13.7. The van der Waals surface area contributed by atoms with Crippen molar-refractivity contribution in [3.05, 3.63) is 67.0 Å². The van der Waals surface area contributed by atoms with Crippen LogP contribution in [0, 0.1) is 0 Å². The van der Waals surface area contributed by atoms with Crippen LogP contribution in [0.1, 0.15) is 19.5 Å². The van der Waals surface area contributed by atoms with Crippen molar-refractivity contribution < 1.29 is 0 Å². The van der Waals surface area contributed by atoms with E-state index in [1.54, 1.807) is 0 Å². The van der Waals surface area contributed by atoms with E-state index in [1.807, 2.05) is 55.8 Å². The molecule has 0 aromatic carbocycles. The molecule has 4 nitrogen and oxygen atoms in total. The molecule has 3 heterocycles. The van der Waals surface area contributed by atoms with Gasteiger partial charge < -0.3 is 9.88 Å². The van der Waals surface area contributed by atoms with E-state index < -0.39 is 0 Å². The molecule has 23 heavy (non-hydrogen) atoms. The summed E-state index contributed by atoms with van der Waals surface area (Å²) in [6, 6.07) is 8.26. The van der Waals surface area contributed by atoms with Gasteiger partial charge in [-0.25, -0.2) is 4.98 Å². The van der Waals surface area contributed by atoms with Crippen LogP contribution in [0.5, 0.6) is 0 Å². The Balaban J connectivity index is 1.97. The molecular weight excluding hydrogens is 284 g/mol. The van der Waals surface area contributed by atoms with Gasteiger partial charge >= 0.3 is 0 Å². The van der Waals surface area contributed by atoms with Gasteiger partial charge in [0.05, 0.1) is 5.69 Å². The minimum absolute atomic E-state index is 0.905. The van der Waals surface area contributed by atoms with Gasteiger partial charge in [-0.1, -0.05) is 6.58 Å². The monoisotopic (exact) mass is 304 g/mol. The number of H-pyrrole nitrogens is 1. The highest BCUT2D eigenvalue weighted by Crippen LogP contribution is 2.24. The molecule has 0 atom stereocenters. The van der Waals surface area contributed by atoms with E-state index in [4.69, 9.17) is 0 Å². The standard InChI is InChI=1S/C19H20N4/c1-13(2)23(4)12-14(3)18-10-15(5-7-20-18)17-9-16-6-8-21-19(16)22-11-17/h5-12H,1H2,2-4H3,(H,21,22)/b14-12+. The van der Waals surface area contributed by atoms with Crippen LogP contribution < -0.4 is 0 Å². The van der Waals surface area contributed by atoms with Gasteiger partial charge in [0.2, 0.25) is 0 Å². The molecule has 4 heteroatoms. The molecule has 0 saturated carbocycles. The van der Waals surface area contributed by atoms with Crippen molar-refractivity contribution in [2.24, 2.45) is 0 Å². The van der Waals surface area contributed by atoms with Crippen molar-refractivity contribution in [3.63, 3.8) is 0 Å². The molecule has 3 aromatic heterocycles. The quantitative estimate of drug-likeness (QED) is 0.774. The zero-order chi connectivity index (χ0) is 16.4. The Morgan fingerprint density at radius 3 is 2.78 bits per heavy atom. The van der Waals surface area contributed by atoms with Gasteiger partial charge in [-0.2, -0.15) is 0 Å². The van der Waals surface area contributed by atoms with Gasteiger partial charge in [0.1, 0.15) is 5.65 Å². The summed E-state index contributed by atoms with van der Waals surface area (Å²) in [5.74, 6) is 0. The number of fused-ring (bicyclic) bond motifs is 1. The molecule has 0 bridgehead atoms. The summed E-state index contributed by atoms with van der Waals surface area (Å²) >= 11 is 0. The fourth-order valence-electron chi connectivity index (χ4n) is 2.39. The maximum atomic E-state index is 4.48. The lowest BCUT2D eigenvalue weighted by Crippen LogP contribution is -2.07. The predicted molar refractivity (Wildman–Crippen MR) is 95.6 cm³/mol. The molecule has 0 saturated heterocycles. The van der Waals surface area contributed by atoms with Gasteiger partial charge in [-0.05, 0) is 49.2 Å². The molecule has 0 fully saturated rings. The molecule has 3 rings (SSSR count). The largest absolute Gasteiger partial charge is 0.355 e. The lowest BCUT2D eigenvalue weighted by atomic mass is 10.1. The van der Waals surface area contributed by atoms with E-state index >= 15 is 0 Å². The summed E-state index contributed by atoms with van der Waals surface area (Å²) in [4.78, 5) is 14.0. The molecule has 116 valence electrons. The van der Waals surface area contributed by atoms with Crippen LogP contribution in [-0.2, 0) is 0 Å². The highest BCUT2D eigenvalue weighted by atomic mass is 15.1. The molecule has 0 spiro atoms. The van der Waals surface area contributed by atoms with Crippen LogP contribution in [0.25, 0.3) is 27.7 Å². The average Bonchev–Trinajstić information content (AvgIpc) is 3.02. The van der Waals surface area contributed by atoms with Crippen LogP contribution in [0.15, 0.2) is 61.3 Å². The molecule has 0 aliphatic carbocycles. The second-order valence-corrected chi connectivity index (χ2v) is 5.73. The number of allylic oxidation sites excluding steroid dienone is 2. The van der Waals surface area contributed by atoms with Crippen molar-refractivity contribution in [1.29, 1.82) is 0 Å². The van der Waals surface area contributed by atoms with Crippen molar-refractivity contribution in [2.45, 2.75) is 13.8 Å². The Kier molecular flexibility index (Phi) is 3.98. The van der Waals surface area contributed by atoms with Gasteiger partial charge in [0.15, 0.2) is 0 Å². The summed E-state index contributed by atoms with van der Waals surface area (Å²) < 4.78 is 0. The first-order valence-electron chi connectivity index (χ1n) is 7.51. The molecule has 0 unspecified atom stereocenters. The van der Waals surface area contributed by atoms with Crippen LogP contribution in [0.2, 0.25) is 0 Å². The average molecular weight is 304 g/mol. The van der Waals surface area contributed by atoms with E-state index in [1.165, 1.54) is 0 Å². The van der Waals surface area contributed by atoms with E-state index in [-0.39, 0.29) is 0 Å². The van der Waals surface area contributed by atoms with E-state index in [9.17, 15) is 0 Å². The molecule has 3 aromatic rings. The Morgan fingerprint density at radius 2 is 2.00 bits per heavy atom. The minimum Gasteiger partial charge on any atom is -0.355 e. The number of rotatable bonds is 4. The van der Waals surface area contributed by atoms with Gasteiger partial charge in [0.25, 0.3) is 0 Å². The summed E-state index contributed by atoms with van der Waals surface area (Å²) in [5.41, 5.74) is 6.13. The zero-order valence-corrected chi connectivity index (χ0v) is 13.7. The van der Waals surface area contributed by atoms with Gasteiger partial charge in [0, 0.05) is 48.5 Å². The number of nitrogens with zero attached hydrogens (tertiary/aromatic N) is 3. The van der Waals surface area contributed by atoms with Crippen molar-refractivity contribution in [3.8, 4) is 11.1 Å². The highest BCUT2D eigenvalue weighted by molar-refractivity contribution is 5.81. The van der Waals surface area contributed by atoms with Crippen LogP contribution >= 0.6 is 0 Å². The molecular formula is C19H20N4. The van der Waals surface area contributed by atoms with E-state index in [0.29, 0.717) is 0 Å². The third kappa shape index (κ3) is 3.16. The Morgan fingerprint density at radius 1 is 1.17 bits per heavy atom. The van der Waals surface area contributed by atoms with Crippen LogP contribution in [-0.4, -0.2) is 26.9 Å². The topological polar surface area (TPSA) is 44.8 Å². The summed E-state index contributed by atoms with van der Waals surface area (Å²) in [7, 11) is 1.99. The number of pyridine rings is 2. The second-order valence-electron chi connectivity index (χ2n) is 5.73. The van der Waals surface area contributed by atoms with E-state index in [2.05, 4.69) is 40.6 Å². The maximum absolute atomic E-state index is 4.48. The van der Waals surface area contributed by atoms with Crippen molar-refractivity contribution >= 4 is 16.6 Å². The number of nitrogens with one attached hydrogen (secondary N) is 1. The Labute approximate surface area is 136 Å². The predicted octanol–water partition coefficient (Wildman–Crippen LogP) is 4.45. The van der Waals surface area contributed by atoms with Gasteiger partial charge in [-0.3, -0.25) is 4.98 Å². The summed E-state index contributed by atoms with van der Waals surface area (Å²) in [5, 5.41) is 1.11. The fourth-order valence-corrected chi connectivity index (χ4v) is 2.39. The lowest BCUT2D eigenvalue weighted by Gasteiger charge is -2.15. The first-order chi connectivity index (χ1) is 11.0. The maximum Gasteiger partial charge on any atom is 0.137 e. The second kappa shape index (κ2) is 6.08. The van der Waals surface area contributed by atoms with E-state index in [0.717, 1.165) is 39.1 Å². The van der Waals surface area contributed by atoms with Crippen LogP contribution in [0.4, 0.5) is 0 Å². The van der Waals surface area contributed by atoms with Crippen LogP contribution in [0.3, 0.4) is 0 Å². The third-order valence-electron chi connectivity index (χ3n) is 3.89. The third-order valence-corrected chi connectivity index (χ3v) is 3.89. The number of hydrogen-bond acceptors (Lipinski definition) is 3. The minimum atomic E-state index is 0.905. The summed E-state index contributed by atoms with van der Waals surface area (Å²) in [6.45, 7) is 7.97. The summed E-state index contributed by atoms with van der Waals surface area (Å²) in [6.07, 6.45) is 7.67. The molecule has 0 aliphatic rings. The molecule has 0 radical (unpaired) electrons. The Hall–Kier alpha value is -2.88. The first-order valence-corrected chi connectivity index (χ1v) is 7.51. The molecule has 0 amide bonds. The molecule has 0 aliphatic heterocycles. The fraction of sp³-hybridized carbons (Fsp3) is 0.158. The SMILES string of the molecule is C=C(C)N(C)/C=C(\C)c1cc(-c2cnc3[nH]ccc3c2)ccn1. The first kappa shape index (κ1) is 15.0. The number of aromatic amines is 1. The molecule has 1 N–H and O–H groups in total.